The average Bonchev–Trinajstić information content (AvgIpc) is 3.41. The van der Waals surface area contributed by atoms with Crippen molar-refractivity contribution in [3.63, 3.8) is 0 Å². The van der Waals surface area contributed by atoms with Crippen LogP contribution in [0.5, 0.6) is 0 Å². The Kier molecular flexibility index (Phi) is 4.25. The number of hydrogen-bond acceptors (Lipinski definition) is 5. The number of aromatic amines is 1. The van der Waals surface area contributed by atoms with Crippen LogP contribution in [0.3, 0.4) is 0 Å². The highest BCUT2D eigenvalue weighted by molar-refractivity contribution is 5.77. The van der Waals surface area contributed by atoms with Crippen molar-refractivity contribution >= 4 is 11.3 Å². The number of H-pyrrole nitrogens is 1. The van der Waals surface area contributed by atoms with Crippen molar-refractivity contribution in [2.75, 3.05) is 11.9 Å². The molecule has 7 heteroatoms. The Labute approximate surface area is 167 Å². The molecule has 0 spiro atoms. The van der Waals surface area contributed by atoms with Crippen LogP contribution >= 0.6 is 0 Å². The lowest BCUT2D eigenvalue weighted by Gasteiger charge is -2.17. The summed E-state index contributed by atoms with van der Waals surface area (Å²) in [6.07, 6.45) is 5.28. The van der Waals surface area contributed by atoms with Crippen LogP contribution in [-0.4, -0.2) is 36.6 Å². The van der Waals surface area contributed by atoms with Gasteiger partial charge in [0.2, 0.25) is 0 Å². The largest absolute Gasteiger partial charge is 0.367 e. The van der Waals surface area contributed by atoms with Crippen LogP contribution < -0.4 is 4.90 Å². The number of nitrogens with one attached hydrogen (secondary N) is 1. The summed E-state index contributed by atoms with van der Waals surface area (Å²) in [5, 5.41) is 4.25. The van der Waals surface area contributed by atoms with Gasteiger partial charge < -0.3 is 9.88 Å². The van der Waals surface area contributed by atoms with Gasteiger partial charge in [-0.3, -0.25) is 4.98 Å². The van der Waals surface area contributed by atoms with E-state index in [0.29, 0.717) is 6.54 Å². The molecule has 7 nitrogen and oxygen atoms in total. The third-order valence-corrected chi connectivity index (χ3v) is 4.81. The zero-order chi connectivity index (χ0) is 19.6. The molecule has 5 rings (SSSR count). The summed E-state index contributed by atoms with van der Waals surface area (Å²) >= 11 is 0. The zero-order valence-electron chi connectivity index (χ0n) is 15.9. The summed E-state index contributed by atoms with van der Waals surface area (Å²) in [5.41, 5.74) is 5.47. The van der Waals surface area contributed by atoms with E-state index in [1.165, 1.54) is 0 Å². The molecular weight excluding hydrogens is 362 g/mol. The number of aromatic nitrogens is 6. The van der Waals surface area contributed by atoms with Crippen LogP contribution in [0.1, 0.15) is 5.82 Å². The first kappa shape index (κ1) is 17.1. The van der Waals surface area contributed by atoms with Crippen molar-refractivity contribution in [3.8, 4) is 22.6 Å². The number of pyridine rings is 2. The summed E-state index contributed by atoms with van der Waals surface area (Å²) in [5.74, 6) is 0.866. The molecule has 1 aromatic carbocycles. The smallest absolute Gasteiger partial charge is 0.155 e. The van der Waals surface area contributed by atoms with E-state index in [1.54, 1.807) is 17.0 Å². The number of anilines is 1. The maximum atomic E-state index is 4.89. The molecule has 142 valence electrons. The van der Waals surface area contributed by atoms with Crippen molar-refractivity contribution in [2.24, 2.45) is 0 Å². The van der Waals surface area contributed by atoms with Gasteiger partial charge in [-0.25, -0.2) is 14.5 Å². The second-order valence-electron chi connectivity index (χ2n) is 6.79. The van der Waals surface area contributed by atoms with Crippen LogP contribution in [0.4, 0.5) is 5.69 Å². The van der Waals surface area contributed by atoms with Gasteiger partial charge in [0.25, 0.3) is 0 Å². The minimum Gasteiger partial charge on any atom is -0.367 e. The van der Waals surface area contributed by atoms with E-state index in [2.05, 4.69) is 44.1 Å². The third kappa shape index (κ3) is 3.34. The first-order valence-electron chi connectivity index (χ1n) is 9.34. The number of benzene rings is 1. The van der Waals surface area contributed by atoms with E-state index < -0.39 is 0 Å². The first-order valence-corrected chi connectivity index (χ1v) is 9.34. The summed E-state index contributed by atoms with van der Waals surface area (Å²) in [4.78, 5) is 19.3. The quantitative estimate of drug-likeness (QED) is 0.501. The minimum atomic E-state index is 0.648. The van der Waals surface area contributed by atoms with E-state index in [4.69, 9.17) is 4.98 Å². The lowest BCUT2D eigenvalue weighted by Crippen LogP contribution is -2.17. The predicted molar refractivity (Wildman–Crippen MR) is 112 cm³/mol. The van der Waals surface area contributed by atoms with Gasteiger partial charge in [0.15, 0.2) is 5.65 Å². The molecule has 0 saturated carbocycles. The van der Waals surface area contributed by atoms with Crippen molar-refractivity contribution in [1.82, 2.24) is 29.5 Å². The van der Waals surface area contributed by atoms with Gasteiger partial charge in [-0.05, 0) is 36.4 Å². The van der Waals surface area contributed by atoms with Gasteiger partial charge in [0.05, 0.1) is 17.9 Å². The Balaban J connectivity index is 1.57. The SMILES string of the molecule is CN(Cc1nc(-c2ccccn2)c(-c2ccc3ncnn3c2)[nH]1)c1ccccc1. The van der Waals surface area contributed by atoms with Crippen LogP contribution in [0, 0.1) is 0 Å². The minimum absolute atomic E-state index is 0.648. The Morgan fingerprint density at radius 1 is 0.966 bits per heavy atom. The second kappa shape index (κ2) is 7.20. The van der Waals surface area contributed by atoms with Crippen LogP contribution in [-0.2, 0) is 6.54 Å². The van der Waals surface area contributed by atoms with Crippen LogP contribution in [0.25, 0.3) is 28.3 Å². The van der Waals surface area contributed by atoms with Crippen molar-refractivity contribution in [2.45, 2.75) is 6.54 Å². The molecule has 0 aliphatic rings. The molecule has 29 heavy (non-hydrogen) atoms. The molecule has 0 aliphatic heterocycles. The van der Waals surface area contributed by atoms with Crippen molar-refractivity contribution < 1.29 is 0 Å². The maximum Gasteiger partial charge on any atom is 0.155 e. The van der Waals surface area contributed by atoms with E-state index in [0.717, 1.165) is 39.8 Å². The molecule has 5 aromatic rings. The highest BCUT2D eigenvalue weighted by Crippen LogP contribution is 2.29. The van der Waals surface area contributed by atoms with Crippen LogP contribution in [0.15, 0.2) is 79.4 Å². The maximum absolute atomic E-state index is 4.89. The normalized spacial score (nSPS) is 11.1. The number of para-hydroxylation sites is 1. The van der Waals surface area contributed by atoms with Gasteiger partial charge in [0.1, 0.15) is 17.8 Å². The molecule has 0 unspecified atom stereocenters. The first-order chi connectivity index (χ1) is 14.3. The lowest BCUT2D eigenvalue weighted by molar-refractivity contribution is 0.860. The van der Waals surface area contributed by atoms with Crippen molar-refractivity contribution in [1.29, 1.82) is 0 Å². The molecule has 0 fully saturated rings. The van der Waals surface area contributed by atoms with Gasteiger partial charge >= 0.3 is 0 Å². The fourth-order valence-electron chi connectivity index (χ4n) is 3.36. The summed E-state index contributed by atoms with van der Waals surface area (Å²) in [6.45, 7) is 0.648. The molecule has 0 aliphatic carbocycles. The van der Waals surface area contributed by atoms with Gasteiger partial charge in [-0.2, -0.15) is 5.10 Å². The Bertz CT molecular complexity index is 1240. The monoisotopic (exact) mass is 381 g/mol. The fraction of sp³-hybridized carbons (Fsp3) is 0.0909. The summed E-state index contributed by atoms with van der Waals surface area (Å²) in [7, 11) is 2.05. The van der Waals surface area contributed by atoms with E-state index in [-0.39, 0.29) is 0 Å². The topological polar surface area (TPSA) is 75.0 Å². The number of rotatable bonds is 5. The number of hydrogen-bond donors (Lipinski definition) is 1. The number of nitrogens with zero attached hydrogens (tertiary/aromatic N) is 6. The molecule has 0 saturated heterocycles. The van der Waals surface area contributed by atoms with Gasteiger partial charge in [0, 0.05) is 30.7 Å². The lowest BCUT2D eigenvalue weighted by atomic mass is 10.1. The number of imidazole rings is 1. The number of fused-ring (bicyclic) bond motifs is 1. The molecular formula is C22H19N7. The molecule has 0 amide bonds. The fourth-order valence-corrected chi connectivity index (χ4v) is 3.36. The van der Waals surface area contributed by atoms with Crippen LogP contribution in [0.2, 0.25) is 0 Å². The second-order valence-corrected chi connectivity index (χ2v) is 6.79. The van der Waals surface area contributed by atoms with Gasteiger partial charge in [-0.1, -0.05) is 24.3 Å². The molecule has 4 heterocycles. The molecule has 0 radical (unpaired) electrons. The Morgan fingerprint density at radius 3 is 2.66 bits per heavy atom. The summed E-state index contributed by atoms with van der Waals surface area (Å²) < 4.78 is 1.76. The Morgan fingerprint density at radius 2 is 1.83 bits per heavy atom. The van der Waals surface area contributed by atoms with E-state index in [1.807, 2.05) is 54.7 Å². The van der Waals surface area contributed by atoms with Gasteiger partial charge in [-0.15, -0.1) is 0 Å². The summed E-state index contributed by atoms with van der Waals surface area (Å²) in [6, 6.07) is 20.1. The van der Waals surface area contributed by atoms with Crippen molar-refractivity contribution in [3.05, 3.63) is 85.2 Å². The third-order valence-electron chi connectivity index (χ3n) is 4.81. The molecule has 1 N–H and O–H groups in total. The average molecular weight is 381 g/mol. The van der Waals surface area contributed by atoms with E-state index in [9.17, 15) is 0 Å². The van der Waals surface area contributed by atoms with E-state index >= 15 is 0 Å². The molecule has 0 atom stereocenters. The molecule has 0 bridgehead atoms. The molecule has 4 aromatic heterocycles. The standard InChI is InChI=1S/C22H19N7/c1-28(17-7-3-2-4-8-17)14-19-26-21(22(27-19)18-9-5-6-12-23-18)16-10-11-20-24-15-25-29(20)13-16/h2-13,15H,14H2,1H3,(H,26,27). The highest BCUT2D eigenvalue weighted by Gasteiger charge is 2.17. The highest BCUT2D eigenvalue weighted by atomic mass is 15.3. The predicted octanol–water partition coefficient (Wildman–Crippen LogP) is 3.82. The zero-order valence-corrected chi connectivity index (χ0v) is 15.9. The Hall–Kier alpha value is -4.00.